The van der Waals surface area contributed by atoms with Gasteiger partial charge < -0.3 is 30.2 Å². The molecule has 0 spiro atoms. The number of fused-ring (bicyclic) bond motifs is 2. The maximum atomic E-state index is 13.4. The first kappa shape index (κ1) is 21.0. The quantitative estimate of drug-likeness (QED) is 0.402. The molecule has 5 heterocycles. The van der Waals surface area contributed by atoms with Gasteiger partial charge in [-0.3, -0.25) is 9.48 Å². The maximum Gasteiger partial charge on any atom is 0.257 e. The van der Waals surface area contributed by atoms with Crippen molar-refractivity contribution >= 4 is 45.1 Å². The predicted molar refractivity (Wildman–Crippen MR) is 135 cm³/mol. The van der Waals surface area contributed by atoms with Crippen LogP contribution < -0.4 is 26.0 Å². The van der Waals surface area contributed by atoms with Gasteiger partial charge in [-0.15, -0.1) is 11.3 Å². The van der Waals surface area contributed by atoms with Crippen LogP contribution in [0.15, 0.2) is 40.1 Å². The molecule has 1 unspecified atom stereocenters. The van der Waals surface area contributed by atoms with E-state index in [1.54, 1.807) is 21.5 Å². The molecule has 0 amide bonds. The molecule has 34 heavy (non-hydrogen) atoms. The van der Waals surface area contributed by atoms with Crippen LogP contribution in [0.25, 0.3) is 11.0 Å². The summed E-state index contributed by atoms with van der Waals surface area (Å²) >= 11 is 1.55. The molecule has 6 rings (SSSR count). The van der Waals surface area contributed by atoms with Crippen molar-refractivity contribution in [3.05, 3.63) is 56.9 Å². The van der Waals surface area contributed by atoms with Gasteiger partial charge in [0.1, 0.15) is 11.7 Å². The highest BCUT2D eigenvalue weighted by atomic mass is 32.1. The molecule has 176 valence electrons. The van der Waals surface area contributed by atoms with E-state index < -0.39 is 0 Å². The Morgan fingerprint density at radius 2 is 2.12 bits per heavy atom. The molecule has 3 N–H and O–H groups in total. The molecule has 4 aromatic rings. The zero-order valence-electron chi connectivity index (χ0n) is 19.0. The number of aromatic amines is 1. The molecule has 1 atom stereocenters. The lowest BCUT2D eigenvalue weighted by atomic mass is 10.1. The van der Waals surface area contributed by atoms with Crippen molar-refractivity contribution in [2.45, 2.75) is 12.7 Å². The molecule has 0 saturated carbocycles. The minimum Gasteiger partial charge on any atom is -0.378 e. The van der Waals surface area contributed by atoms with Crippen LogP contribution in [0.4, 0.5) is 22.7 Å². The van der Waals surface area contributed by atoms with E-state index in [1.807, 2.05) is 25.7 Å². The van der Waals surface area contributed by atoms with E-state index in [0.717, 1.165) is 60.3 Å². The Hall–Kier alpha value is -3.57. The lowest BCUT2D eigenvalue weighted by Gasteiger charge is -2.29. The molecule has 1 fully saturated rings. The number of nitrogens with one attached hydrogen (secondary N) is 3. The van der Waals surface area contributed by atoms with E-state index in [2.05, 4.69) is 53.7 Å². The number of hydrogen-bond donors (Lipinski definition) is 3. The highest BCUT2D eigenvalue weighted by Gasteiger charge is 2.33. The minimum atomic E-state index is -0.344. The lowest BCUT2D eigenvalue weighted by Crippen LogP contribution is -2.36. The number of rotatable bonds is 5. The van der Waals surface area contributed by atoms with Gasteiger partial charge in [0, 0.05) is 44.4 Å². The summed E-state index contributed by atoms with van der Waals surface area (Å²) in [5, 5.41) is 13.7. The fourth-order valence-corrected chi connectivity index (χ4v) is 5.31. The Labute approximate surface area is 200 Å². The minimum absolute atomic E-state index is 0.146. The molecule has 3 aromatic heterocycles. The Bertz CT molecular complexity index is 1390. The topological polar surface area (TPSA) is 103 Å². The largest absolute Gasteiger partial charge is 0.378 e. The first-order valence-corrected chi connectivity index (χ1v) is 12.2. The van der Waals surface area contributed by atoms with E-state index in [1.165, 1.54) is 0 Å². The summed E-state index contributed by atoms with van der Waals surface area (Å²) < 4.78 is 7.21. The van der Waals surface area contributed by atoms with Crippen molar-refractivity contribution in [3.8, 4) is 0 Å². The van der Waals surface area contributed by atoms with E-state index in [-0.39, 0.29) is 11.7 Å². The van der Waals surface area contributed by atoms with Gasteiger partial charge in [-0.25, -0.2) is 4.98 Å². The van der Waals surface area contributed by atoms with Crippen molar-refractivity contribution in [2.75, 3.05) is 53.8 Å². The number of H-pyrrole nitrogens is 1. The van der Waals surface area contributed by atoms with Crippen LogP contribution in [-0.4, -0.2) is 53.1 Å². The van der Waals surface area contributed by atoms with E-state index in [9.17, 15) is 4.79 Å². The number of thiazole rings is 1. The van der Waals surface area contributed by atoms with Crippen LogP contribution in [0.1, 0.15) is 17.4 Å². The predicted octanol–water partition coefficient (Wildman–Crippen LogP) is 2.73. The Morgan fingerprint density at radius 1 is 1.26 bits per heavy atom. The number of morpholine rings is 1. The Balaban J connectivity index is 1.39. The van der Waals surface area contributed by atoms with Gasteiger partial charge in [-0.05, 0) is 18.2 Å². The number of aromatic nitrogens is 4. The molecule has 2 aliphatic heterocycles. The van der Waals surface area contributed by atoms with Crippen LogP contribution >= 0.6 is 11.3 Å². The zero-order chi connectivity index (χ0) is 23.2. The van der Waals surface area contributed by atoms with Crippen molar-refractivity contribution in [3.63, 3.8) is 0 Å². The highest BCUT2D eigenvalue weighted by Crippen LogP contribution is 2.43. The third-order valence-electron chi connectivity index (χ3n) is 6.45. The van der Waals surface area contributed by atoms with Gasteiger partial charge in [-0.2, -0.15) is 5.10 Å². The normalized spacial score (nSPS) is 17.8. The summed E-state index contributed by atoms with van der Waals surface area (Å²) in [4.78, 5) is 25.2. The van der Waals surface area contributed by atoms with Crippen LogP contribution in [0, 0.1) is 0 Å². The number of benzene rings is 1. The van der Waals surface area contributed by atoms with Crippen LogP contribution in [0.5, 0.6) is 0 Å². The van der Waals surface area contributed by atoms with Gasteiger partial charge >= 0.3 is 0 Å². The average Bonchev–Trinajstić information content (AvgIpc) is 3.57. The van der Waals surface area contributed by atoms with Crippen LogP contribution in [0.2, 0.25) is 0 Å². The summed E-state index contributed by atoms with van der Waals surface area (Å²) in [7, 11) is 3.86. The maximum absolute atomic E-state index is 13.4. The first-order chi connectivity index (χ1) is 16.6. The molecule has 1 saturated heterocycles. The molecular formula is C23H26N8O2S. The SMILES string of the molecule is CN1c2ccc(N3CCOCC3)cc2NC1c1c(NCc2cscn2)c2nn(C)cc2[nH]c1=O. The van der Waals surface area contributed by atoms with Crippen LogP contribution in [-0.2, 0) is 18.3 Å². The number of anilines is 4. The zero-order valence-corrected chi connectivity index (χ0v) is 19.9. The summed E-state index contributed by atoms with van der Waals surface area (Å²) in [6.45, 7) is 3.73. The lowest BCUT2D eigenvalue weighted by molar-refractivity contribution is 0.122. The molecular weight excluding hydrogens is 452 g/mol. The number of nitrogens with zero attached hydrogens (tertiary/aromatic N) is 5. The number of ether oxygens (including phenoxy) is 1. The van der Waals surface area contributed by atoms with Gasteiger partial charge in [-0.1, -0.05) is 0 Å². The summed E-state index contributed by atoms with van der Waals surface area (Å²) in [6, 6.07) is 6.41. The van der Waals surface area contributed by atoms with Gasteiger partial charge in [0.15, 0.2) is 0 Å². The second kappa shape index (κ2) is 8.33. The first-order valence-electron chi connectivity index (χ1n) is 11.2. The fourth-order valence-electron chi connectivity index (χ4n) is 4.75. The van der Waals surface area contributed by atoms with Gasteiger partial charge in [0.25, 0.3) is 5.56 Å². The summed E-state index contributed by atoms with van der Waals surface area (Å²) in [5.74, 6) is 0. The Kier molecular flexibility index (Phi) is 5.15. The number of aryl methyl sites for hydroxylation is 1. The van der Waals surface area contributed by atoms with Crippen molar-refractivity contribution in [1.82, 2.24) is 19.7 Å². The summed E-state index contributed by atoms with van der Waals surface area (Å²) in [5.41, 5.74) is 8.54. The second-order valence-corrected chi connectivity index (χ2v) is 9.32. The molecule has 2 aliphatic rings. The van der Waals surface area contributed by atoms with Gasteiger partial charge in [0.05, 0.1) is 59.1 Å². The smallest absolute Gasteiger partial charge is 0.257 e. The monoisotopic (exact) mass is 478 g/mol. The van der Waals surface area contributed by atoms with Crippen molar-refractivity contribution < 1.29 is 4.74 Å². The van der Waals surface area contributed by atoms with E-state index in [0.29, 0.717) is 17.6 Å². The molecule has 0 bridgehead atoms. The molecule has 0 radical (unpaired) electrons. The van der Waals surface area contributed by atoms with E-state index >= 15 is 0 Å². The van der Waals surface area contributed by atoms with Crippen molar-refractivity contribution in [1.29, 1.82) is 0 Å². The third kappa shape index (κ3) is 3.57. The molecule has 10 nitrogen and oxygen atoms in total. The summed E-state index contributed by atoms with van der Waals surface area (Å²) in [6.07, 6.45) is 1.48. The van der Waals surface area contributed by atoms with Crippen LogP contribution in [0.3, 0.4) is 0 Å². The third-order valence-corrected chi connectivity index (χ3v) is 7.08. The van der Waals surface area contributed by atoms with Crippen molar-refractivity contribution in [2.24, 2.45) is 7.05 Å². The molecule has 0 aliphatic carbocycles. The highest BCUT2D eigenvalue weighted by molar-refractivity contribution is 7.07. The number of hydrogen-bond acceptors (Lipinski definition) is 9. The Morgan fingerprint density at radius 3 is 2.91 bits per heavy atom. The molecule has 1 aromatic carbocycles. The number of pyridine rings is 1. The fraction of sp³-hybridized carbons (Fsp3) is 0.348. The molecule has 11 heteroatoms. The van der Waals surface area contributed by atoms with E-state index in [4.69, 9.17) is 4.74 Å². The van der Waals surface area contributed by atoms with Gasteiger partial charge in [0.2, 0.25) is 0 Å². The average molecular weight is 479 g/mol. The second-order valence-electron chi connectivity index (χ2n) is 8.60. The standard InChI is InChI=1S/C23H26N8O2S/c1-29-11-17-20(28-29)21(24-10-14-12-34-13-25-14)19(23(32)27-17)22-26-16-9-15(3-4-18(16)30(22)2)31-5-7-33-8-6-31/h3-4,9,11-13,22,24,26H,5-8,10H2,1-2H3,(H,27,32).